The first-order valence-electron chi connectivity index (χ1n) is 11.5. The largest absolute Gasteiger partial charge is 0.444 e. The maximum Gasteiger partial charge on any atom is 0.413 e. The van der Waals surface area contributed by atoms with E-state index in [2.05, 4.69) is 22.4 Å². The molecule has 8 nitrogen and oxygen atoms in total. The van der Waals surface area contributed by atoms with E-state index in [-0.39, 0.29) is 5.84 Å². The first kappa shape index (κ1) is 24.3. The van der Waals surface area contributed by atoms with Gasteiger partial charge in [-0.3, -0.25) is 15.6 Å². The van der Waals surface area contributed by atoms with Crippen LogP contribution in [0.4, 0.5) is 4.79 Å². The maximum absolute atomic E-state index is 12.0. The Morgan fingerprint density at radius 2 is 1.89 bits per heavy atom. The minimum atomic E-state index is -0.663. The maximum atomic E-state index is 12.0. The number of morpholine rings is 1. The lowest BCUT2D eigenvalue weighted by molar-refractivity contribution is 0.0343. The van der Waals surface area contributed by atoms with Crippen molar-refractivity contribution < 1.29 is 14.3 Å². The van der Waals surface area contributed by atoms with Crippen LogP contribution in [-0.2, 0) is 16.0 Å². The normalized spacial score (nSPS) is 14.3. The summed E-state index contributed by atoms with van der Waals surface area (Å²) in [5, 5.41) is 21.1. The van der Waals surface area contributed by atoms with Gasteiger partial charge >= 0.3 is 6.09 Å². The topological polar surface area (TPSA) is 111 Å². The lowest BCUT2D eigenvalue weighted by atomic mass is 10.0. The third-order valence-electron chi connectivity index (χ3n) is 5.62. The van der Waals surface area contributed by atoms with Crippen molar-refractivity contribution >= 4 is 22.8 Å². The van der Waals surface area contributed by atoms with Crippen LogP contribution in [0.15, 0.2) is 48.5 Å². The molecule has 1 fully saturated rings. The third-order valence-corrected chi connectivity index (χ3v) is 5.62. The van der Waals surface area contributed by atoms with E-state index >= 15 is 0 Å². The summed E-state index contributed by atoms with van der Waals surface area (Å²) in [5.41, 5.74) is 4.06. The van der Waals surface area contributed by atoms with Gasteiger partial charge < -0.3 is 9.47 Å². The number of benzene rings is 2. The molecule has 2 heterocycles. The average molecular weight is 472 g/mol. The summed E-state index contributed by atoms with van der Waals surface area (Å²) in [6.45, 7) is 9.27. The quantitative estimate of drug-likeness (QED) is 0.429. The second kappa shape index (κ2) is 10.2. The number of hydrogen-bond acceptors (Lipinski definition) is 7. The van der Waals surface area contributed by atoms with Gasteiger partial charge in [0.15, 0.2) is 0 Å². The number of nitrogens with zero attached hydrogens (tertiary/aromatic N) is 3. The molecule has 4 rings (SSSR count). The van der Waals surface area contributed by atoms with E-state index in [0.717, 1.165) is 60.6 Å². The summed E-state index contributed by atoms with van der Waals surface area (Å²) in [6.07, 6.45) is -0.663. The molecule has 0 aliphatic carbocycles. The Hall–Kier alpha value is -3.80. The van der Waals surface area contributed by atoms with Gasteiger partial charge in [0.2, 0.25) is 0 Å². The Balaban J connectivity index is 1.61. The number of amidine groups is 1. The lowest BCUT2D eigenvalue weighted by Crippen LogP contribution is -2.36. The second-order valence-corrected chi connectivity index (χ2v) is 9.48. The molecule has 35 heavy (non-hydrogen) atoms. The number of hydrogen-bond donors (Lipinski definition) is 2. The van der Waals surface area contributed by atoms with Crippen LogP contribution in [0, 0.1) is 16.7 Å². The van der Waals surface area contributed by atoms with Crippen LogP contribution < -0.4 is 5.32 Å². The Morgan fingerprint density at radius 3 is 2.54 bits per heavy atom. The SMILES string of the molecule is CC(C)(C)OC(=O)NC(=N)c1ccc(-c2cc(CN3CCOCC3)c3ccc(C#N)cc3n2)cc1. The molecule has 1 saturated heterocycles. The predicted molar refractivity (Wildman–Crippen MR) is 134 cm³/mol. The number of pyridine rings is 1. The van der Waals surface area contributed by atoms with E-state index in [4.69, 9.17) is 19.9 Å². The number of fused-ring (bicyclic) bond motifs is 1. The Morgan fingerprint density at radius 1 is 1.17 bits per heavy atom. The number of nitrogens with one attached hydrogen (secondary N) is 2. The van der Waals surface area contributed by atoms with Gasteiger partial charge in [0, 0.05) is 36.1 Å². The zero-order chi connectivity index (χ0) is 25.0. The van der Waals surface area contributed by atoms with Gasteiger partial charge in [-0.25, -0.2) is 9.78 Å². The van der Waals surface area contributed by atoms with Crippen molar-refractivity contribution in [2.45, 2.75) is 32.9 Å². The van der Waals surface area contributed by atoms with Crippen LogP contribution in [0.2, 0.25) is 0 Å². The first-order valence-corrected chi connectivity index (χ1v) is 11.5. The van der Waals surface area contributed by atoms with Crippen LogP contribution in [0.25, 0.3) is 22.2 Å². The van der Waals surface area contributed by atoms with Gasteiger partial charge in [-0.15, -0.1) is 0 Å². The Labute approximate surface area is 205 Å². The fourth-order valence-corrected chi connectivity index (χ4v) is 3.93. The number of carbonyl (C=O) groups excluding carboxylic acids is 1. The number of nitriles is 1. The van der Waals surface area contributed by atoms with Gasteiger partial charge in [-0.2, -0.15) is 5.26 Å². The molecule has 2 aromatic carbocycles. The number of amides is 1. The van der Waals surface area contributed by atoms with Crippen molar-refractivity contribution in [2.24, 2.45) is 0 Å². The number of rotatable bonds is 4. The lowest BCUT2D eigenvalue weighted by Gasteiger charge is -2.27. The average Bonchev–Trinajstić information content (AvgIpc) is 2.83. The van der Waals surface area contributed by atoms with Crippen molar-refractivity contribution in [3.05, 3.63) is 65.2 Å². The highest BCUT2D eigenvalue weighted by atomic mass is 16.6. The molecule has 0 spiro atoms. The highest BCUT2D eigenvalue weighted by Gasteiger charge is 2.18. The molecule has 3 aromatic rings. The van der Waals surface area contributed by atoms with Crippen LogP contribution in [0.5, 0.6) is 0 Å². The number of aromatic nitrogens is 1. The number of alkyl carbamates (subject to hydrolysis) is 1. The second-order valence-electron chi connectivity index (χ2n) is 9.48. The van der Waals surface area contributed by atoms with Crippen molar-refractivity contribution in [3.8, 4) is 17.3 Å². The Bertz CT molecular complexity index is 1280. The fraction of sp³-hybridized carbons (Fsp3) is 0.333. The summed E-state index contributed by atoms with van der Waals surface area (Å²) >= 11 is 0. The van der Waals surface area contributed by atoms with E-state index in [1.807, 2.05) is 30.3 Å². The van der Waals surface area contributed by atoms with Gasteiger partial charge in [-0.05, 0) is 44.5 Å². The van der Waals surface area contributed by atoms with E-state index < -0.39 is 11.7 Å². The van der Waals surface area contributed by atoms with E-state index in [9.17, 15) is 10.1 Å². The molecule has 0 radical (unpaired) electrons. The summed E-state index contributed by atoms with van der Waals surface area (Å²) in [6, 6.07) is 17.2. The van der Waals surface area contributed by atoms with Gasteiger partial charge in [0.25, 0.3) is 0 Å². The van der Waals surface area contributed by atoms with Crippen LogP contribution in [0.1, 0.15) is 37.5 Å². The molecule has 8 heteroatoms. The first-order chi connectivity index (χ1) is 16.7. The molecule has 1 aliphatic heterocycles. The third kappa shape index (κ3) is 6.21. The van der Waals surface area contributed by atoms with Crippen LogP contribution >= 0.6 is 0 Å². The summed E-state index contributed by atoms with van der Waals surface area (Å²) in [7, 11) is 0. The van der Waals surface area contributed by atoms with E-state index in [1.165, 1.54) is 0 Å². The van der Waals surface area contributed by atoms with E-state index in [0.29, 0.717) is 11.1 Å². The minimum absolute atomic E-state index is 0.0380. The standard InChI is InChI=1S/C27H29N5O3/c1-27(2,3)35-26(33)31-25(29)20-7-5-19(6-8-20)23-15-21(17-32-10-12-34-13-11-32)22-9-4-18(16-28)14-24(22)30-23/h4-9,14-15H,10-13,17H2,1-3H3,(H2,29,31,33). The number of carbonyl (C=O) groups is 1. The van der Waals surface area contributed by atoms with Crippen LogP contribution in [-0.4, -0.2) is 53.7 Å². The zero-order valence-corrected chi connectivity index (χ0v) is 20.2. The highest BCUT2D eigenvalue weighted by molar-refractivity contribution is 6.04. The molecule has 0 unspecified atom stereocenters. The van der Waals surface area contributed by atoms with Crippen molar-refractivity contribution in [1.29, 1.82) is 10.7 Å². The van der Waals surface area contributed by atoms with Crippen molar-refractivity contribution in [2.75, 3.05) is 26.3 Å². The Kier molecular flexibility index (Phi) is 7.10. The van der Waals surface area contributed by atoms with Crippen molar-refractivity contribution in [3.63, 3.8) is 0 Å². The monoisotopic (exact) mass is 471 g/mol. The van der Waals surface area contributed by atoms with Gasteiger partial charge in [-0.1, -0.05) is 30.3 Å². The molecule has 2 N–H and O–H groups in total. The molecular weight excluding hydrogens is 442 g/mol. The molecular formula is C27H29N5O3. The predicted octanol–water partition coefficient (Wildman–Crippen LogP) is 4.46. The molecule has 0 atom stereocenters. The minimum Gasteiger partial charge on any atom is -0.444 e. The fourth-order valence-electron chi connectivity index (χ4n) is 3.93. The summed E-state index contributed by atoms with van der Waals surface area (Å²) < 4.78 is 10.7. The molecule has 1 amide bonds. The summed E-state index contributed by atoms with van der Waals surface area (Å²) in [4.78, 5) is 19.2. The zero-order valence-electron chi connectivity index (χ0n) is 20.2. The smallest absolute Gasteiger partial charge is 0.413 e. The molecule has 0 saturated carbocycles. The van der Waals surface area contributed by atoms with E-state index in [1.54, 1.807) is 32.9 Å². The number of ether oxygens (including phenoxy) is 2. The van der Waals surface area contributed by atoms with Gasteiger partial charge in [0.05, 0.1) is 36.1 Å². The van der Waals surface area contributed by atoms with Gasteiger partial charge in [0.1, 0.15) is 11.4 Å². The highest BCUT2D eigenvalue weighted by Crippen LogP contribution is 2.27. The summed E-state index contributed by atoms with van der Waals surface area (Å²) in [5.74, 6) is -0.0380. The van der Waals surface area contributed by atoms with Crippen LogP contribution in [0.3, 0.4) is 0 Å². The molecule has 1 aliphatic rings. The molecule has 0 bridgehead atoms. The molecule has 1 aromatic heterocycles. The van der Waals surface area contributed by atoms with Crippen molar-refractivity contribution in [1.82, 2.24) is 15.2 Å². The molecule has 180 valence electrons.